The number of benzene rings is 8. The summed E-state index contributed by atoms with van der Waals surface area (Å²) in [6.07, 6.45) is 3.84. The third-order valence-corrected chi connectivity index (χ3v) is 11.6. The quantitative estimate of drug-likeness (QED) is 0.164. The van der Waals surface area contributed by atoms with Crippen LogP contribution in [0.15, 0.2) is 219 Å². The van der Waals surface area contributed by atoms with Crippen molar-refractivity contribution in [3.05, 3.63) is 241 Å². The topological polar surface area (TPSA) is 34.0 Å². The second kappa shape index (κ2) is 13.3. The fourth-order valence-electron chi connectivity index (χ4n) is 9.15. The van der Waals surface area contributed by atoms with Crippen LogP contribution in [0.1, 0.15) is 22.3 Å². The maximum Gasteiger partial charge on any atom is 0.159 e. The summed E-state index contributed by atoms with van der Waals surface area (Å²) < 4.78 is 2.42. The summed E-state index contributed by atoms with van der Waals surface area (Å²) in [6, 6.07) is 74.0. The monoisotopic (exact) mass is 728 g/mol. The summed E-state index contributed by atoms with van der Waals surface area (Å²) in [5, 5.41) is 2.35. The predicted octanol–water partition coefficient (Wildman–Crippen LogP) is 13.1. The van der Waals surface area contributed by atoms with E-state index in [1.165, 1.54) is 38.8 Å². The molecule has 0 unspecified atom stereocenters. The van der Waals surface area contributed by atoms with E-state index in [0.29, 0.717) is 5.82 Å². The molecule has 0 radical (unpaired) electrons. The van der Waals surface area contributed by atoms with Gasteiger partial charge in [0.25, 0.3) is 0 Å². The molecule has 11 rings (SSSR count). The Labute approximate surface area is 331 Å². The smallest absolute Gasteiger partial charge is 0.159 e. The van der Waals surface area contributed by atoms with E-state index in [1.807, 2.05) is 24.5 Å². The number of fused-ring (bicyclic) bond motifs is 6. The van der Waals surface area contributed by atoms with Crippen molar-refractivity contribution in [2.24, 2.45) is 0 Å². The van der Waals surface area contributed by atoms with E-state index in [9.17, 15) is 0 Å². The van der Waals surface area contributed by atoms with Crippen molar-refractivity contribution >= 4 is 38.9 Å². The van der Waals surface area contributed by atoms with Crippen molar-refractivity contribution in [2.75, 3.05) is 4.90 Å². The molecule has 0 saturated heterocycles. The standard InChI is InChI=1S/C53H36N4/c1-5-17-38(18-6-1)53(39-19-7-2-8-20-39)48-27-15-13-25-44(48)45-31-30-42(34-49(45)53)57-50-28-16-14-26-46(50)47-33-37(29-32-51(47)57)52-54-35-43(36-55-52)56(40-21-9-3-10-22-40)41-23-11-4-12-24-41/h1-36H. The third kappa shape index (κ3) is 5.15. The summed E-state index contributed by atoms with van der Waals surface area (Å²) in [4.78, 5) is 12.1. The molecule has 268 valence electrons. The van der Waals surface area contributed by atoms with Crippen LogP contribution in [-0.2, 0) is 5.41 Å². The zero-order valence-corrected chi connectivity index (χ0v) is 31.1. The number of anilines is 3. The molecule has 0 fully saturated rings. The Bertz CT molecular complexity index is 2970. The van der Waals surface area contributed by atoms with E-state index in [0.717, 1.165) is 44.7 Å². The van der Waals surface area contributed by atoms with Gasteiger partial charge in [0, 0.05) is 33.4 Å². The van der Waals surface area contributed by atoms with E-state index in [4.69, 9.17) is 9.97 Å². The van der Waals surface area contributed by atoms with Gasteiger partial charge < -0.3 is 9.47 Å². The van der Waals surface area contributed by atoms with Gasteiger partial charge in [0.1, 0.15) is 0 Å². The maximum atomic E-state index is 4.95. The van der Waals surface area contributed by atoms with Gasteiger partial charge in [-0.1, -0.05) is 146 Å². The molecule has 2 heterocycles. The highest BCUT2D eigenvalue weighted by atomic mass is 15.2. The van der Waals surface area contributed by atoms with Crippen molar-refractivity contribution in [3.8, 4) is 28.2 Å². The molecular formula is C53H36N4. The van der Waals surface area contributed by atoms with Gasteiger partial charge in [-0.15, -0.1) is 0 Å². The number of hydrogen-bond donors (Lipinski definition) is 0. The van der Waals surface area contributed by atoms with Crippen molar-refractivity contribution in [1.29, 1.82) is 0 Å². The molecule has 1 aliphatic rings. The first-order valence-corrected chi connectivity index (χ1v) is 19.4. The van der Waals surface area contributed by atoms with Crippen LogP contribution >= 0.6 is 0 Å². The lowest BCUT2D eigenvalue weighted by Gasteiger charge is -2.34. The molecule has 0 bridgehead atoms. The second-order valence-corrected chi connectivity index (χ2v) is 14.6. The predicted molar refractivity (Wildman–Crippen MR) is 234 cm³/mol. The summed E-state index contributed by atoms with van der Waals surface area (Å²) in [6.45, 7) is 0. The molecule has 4 nitrogen and oxygen atoms in total. The molecule has 4 heteroatoms. The molecule has 10 aromatic rings. The van der Waals surface area contributed by atoms with Crippen LogP contribution in [0.3, 0.4) is 0 Å². The Hall–Kier alpha value is -7.56. The molecule has 0 saturated carbocycles. The average Bonchev–Trinajstić information content (AvgIpc) is 3.78. The van der Waals surface area contributed by atoms with Gasteiger partial charge in [-0.3, -0.25) is 0 Å². The first-order chi connectivity index (χ1) is 28.3. The molecule has 0 atom stereocenters. The van der Waals surface area contributed by atoms with Gasteiger partial charge in [0.05, 0.1) is 34.5 Å². The van der Waals surface area contributed by atoms with Gasteiger partial charge in [-0.2, -0.15) is 0 Å². The average molecular weight is 729 g/mol. The summed E-state index contributed by atoms with van der Waals surface area (Å²) >= 11 is 0. The van der Waals surface area contributed by atoms with Gasteiger partial charge in [0.2, 0.25) is 0 Å². The minimum Gasteiger partial charge on any atom is -0.309 e. The van der Waals surface area contributed by atoms with Crippen LogP contribution in [-0.4, -0.2) is 14.5 Å². The van der Waals surface area contributed by atoms with Crippen molar-refractivity contribution in [1.82, 2.24) is 14.5 Å². The largest absolute Gasteiger partial charge is 0.309 e. The van der Waals surface area contributed by atoms with E-state index in [2.05, 4.69) is 204 Å². The molecule has 57 heavy (non-hydrogen) atoms. The van der Waals surface area contributed by atoms with Crippen molar-refractivity contribution in [3.63, 3.8) is 0 Å². The minimum atomic E-state index is -0.476. The fourth-order valence-corrected chi connectivity index (χ4v) is 9.15. The molecule has 1 aliphatic carbocycles. The Kier molecular flexibility index (Phi) is 7.68. The maximum absolute atomic E-state index is 4.95. The lowest BCUT2D eigenvalue weighted by Crippen LogP contribution is -2.28. The summed E-state index contributed by atoms with van der Waals surface area (Å²) in [5.74, 6) is 0.685. The highest BCUT2D eigenvalue weighted by Crippen LogP contribution is 2.56. The van der Waals surface area contributed by atoms with Crippen LogP contribution in [0.2, 0.25) is 0 Å². The lowest BCUT2D eigenvalue weighted by atomic mass is 9.67. The number of rotatable bonds is 7. The van der Waals surface area contributed by atoms with Crippen LogP contribution in [0.5, 0.6) is 0 Å². The van der Waals surface area contributed by atoms with Gasteiger partial charge in [-0.05, 0) is 94.0 Å². The van der Waals surface area contributed by atoms with Crippen molar-refractivity contribution < 1.29 is 0 Å². The van der Waals surface area contributed by atoms with Crippen molar-refractivity contribution in [2.45, 2.75) is 5.41 Å². The van der Waals surface area contributed by atoms with Crippen LogP contribution < -0.4 is 4.90 Å². The number of hydrogen-bond acceptors (Lipinski definition) is 3. The zero-order chi connectivity index (χ0) is 37.8. The molecular weight excluding hydrogens is 693 g/mol. The second-order valence-electron chi connectivity index (χ2n) is 14.6. The van der Waals surface area contributed by atoms with Gasteiger partial charge in [0.15, 0.2) is 5.82 Å². The SMILES string of the molecule is c1ccc(N(c2ccccc2)c2cnc(-c3ccc4c(c3)c3ccccc3n4-c3ccc4c(c3)C(c3ccccc3)(c3ccccc3)c3ccccc3-4)nc2)cc1. The first kappa shape index (κ1) is 32.8. The number of aromatic nitrogens is 3. The van der Waals surface area contributed by atoms with E-state index < -0.39 is 5.41 Å². The lowest BCUT2D eigenvalue weighted by molar-refractivity contribution is 0.767. The highest BCUT2D eigenvalue weighted by Gasteiger charge is 2.46. The fraction of sp³-hybridized carbons (Fsp3) is 0.0189. The Balaban J connectivity index is 1.06. The van der Waals surface area contributed by atoms with E-state index in [-0.39, 0.29) is 0 Å². The highest BCUT2D eigenvalue weighted by molar-refractivity contribution is 6.10. The minimum absolute atomic E-state index is 0.476. The Morgan fingerprint density at radius 1 is 0.404 bits per heavy atom. The Morgan fingerprint density at radius 3 is 1.61 bits per heavy atom. The molecule has 0 aliphatic heterocycles. The molecule has 0 spiro atoms. The van der Waals surface area contributed by atoms with E-state index in [1.54, 1.807) is 0 Å². The van der Waals surface area contributed by atoms with Crippen LogP contribution in [0.25, 0.3) is 50.0 Å². The Morgan fingerprint density at radius 2 is 0.947 bits per heavy atom. The number of para-hydroxylation sites is 3. The molecule has 0 N–H and O–H groups in total. The van der Waals surface area contributed by atoms with Gasteiger partial charge in [-0.25, -0.2) is 9.97 Å². The number of nitrogens with zero attached hydrogens (tertiary/aromatic N) is 4. The van der Waals surface area contributed by atoms with E-state index >= 15 is 0 Å². The molecule has 0 amide bonds. The van der Waals surface area contributed by atoms with Crippen LogP contribution in [0, 0.1) is 0 Å². The molecule has 2 aromatic heterocycles. The first-order valence-electron chi connectivity index (χ1n) is 19.4. The molecule has 8 aromatic carbocycles. The normalized spacial score (nSPS) is 12.7. The summed E-state index contributed by atoms with van der Waals surface area (Å²) in [5.41, 5.74) is 14.6. The summed E-state index contributed by atoms with van der Waals surface area (Å²) in [7, 11) is 0. The third-order valence-electron chi connectivity index (χ3n) is 11.6. The van der Waals surface area contributed by atoms with Gasteiger partial charge >= 0.3 is 0 Å². The van der Waals surface area contributed by atoms with Crippen LogP contribution in [0.4, 0.5) is 17.1 Å². The zero-order valence-electron chi connectivity index (χ0n) is 31.1.